The normalized spacial score (nSPS) is 32.3. The summed E-state index contributed by atoms with van der Waals surface area (Å²) in [6.07, 6.45) is 5.14. The van der Waals surface area contributed by atoms with Crippen LogP contribution in [-0.4, -0.2) is 40.9 Å². The lowest BCUT2D eigenvalue weighted by atomic mass is 9.54. The van der Waals surface area contributed by atoms with Crippen LogP contribution in [0.4, 0.5) is 4.39 Å². The van der Waals surface area contributed by atoms with E-state index in [0.29, 0.717) is 43.4 Å². The monoisotopic (exact) mass is 429 g/mol. The van der Waals surface area contributed by atoms with Crippen LogP contribution in [0.5, 0.6) is 0 Å². The van der Waals surface area contributed by atoms with Crippen LogP contribution in [0.15, 0.2) is 18.2 Å². The van der Waals surface area contributed by atoms with E-state index in [9.17, 15) is 19.1 Å². The maximum Gasteiger partial charge on any atom is 0.222 e. The summed E-state index contributed by atoms with van der Waals surface area (Å²) < 4.78 is 14.4. The summed E-state index contributed by atoms with van der Waals surface area (Å²) in [6, 6.07) is 5.46. The van der Waals surface area contributed by atoms with Crippen molar-refractivity contribution in [3.8, 4) is 0 Å². The molecule has 0 heterocycles. The van der Waals surface area contributed by atoms with Crippen molar-refractivity contribution < 1.29 is 19.1 Å². The average molecular weight is 430 g/mol. The number of likely N-dealkylation sites (N-methyl/N-ethyl adjacent to an activating group) is 1. The molecule has 4 rings (SSSR count). The third-order valence-electron chi connectivity index (χ3n) is 8.34. The molecule has 2 fully saturated rings. The molecular formula is C26H36FNO3. The number of halogens is 1. The largest absolute Gasteiger partial charge is 0.389 e. The van der Waals surface area contributed by atoms with Gasteiger partial charge in [0.05, 0.1) is 5.60 Å². The van der Waals surface area contributed by atoms with E-state index in [0.717, 1.165) is 36.8 Å². The molecule has 0 aromatic heterocycles. The highest BCUT2D eigenvalue weighted by Crippen LogP contribution is 2.62. The first-order chi connectivity index (χ1) is 14.5. The van der Waals surface area contributed by atoms with Crippen molar-refractivity contribution in [1.82, 2.24) is 4.90 Å². The van der Waals surface area contributed by atoms with Crippen molar-refractivity contribution >= 4 is 11.7 Å². The Bertz CT molecular complexity index is 876. The van der Waals surface area contributed by atoms with E-state index >= 15 is 0 Å². The summed E-state index contributed by atoms with van der Waals surface area (Å²) in [5.74, 6) is 1.45. The van der Waals surface area contributed by atoms with E-state index in [2.05, 4.69) is 13.0 Å². The van der Waals surface area contributed by atoms with Gasteiger partial charge in [-0.2, -0.15) is 0 Å². The number of carbonyl (C=O) groups is 2. The second kappa shape index (κ2) is 7.99. The number of hydrogen-bond donors (Lipinski definition) is 1. The number of carbonyl (C=O) groups excluding carboxylic acids is 2. The highest BCUT2D eigenvalue weighted by atomic mass is 19.1. The fraction of sp³-hybridized carbons (Fsp3) is 0.692. The van der Waals surface area contributed by atoms with Crippen molar-refractivity contribution in [3.05, 3.63) is 35.1 Å². The number of Topliss-reactive ketones (excluding diaryl/α,β-unsaturated/α-hetero) is 1. The lowest BCUT2D eigenvalue weighted by molar-refractivity contribution is -0.133. The summed E-state index contributed by atoms with van der Waals surface area (Å²) in [5, 5.41) is 10.0. The Morgan fingerprint density at radius 2 is 2.06 bits per heavy atom. The van der Waals surface area contributed by atoms with Crippen molar-refractivity contribution in [2.75, 3.05) is 13.6 Å². The Morgan fingerprint density at radius 3 is 2.77 bits per heavy atom. The van der Waals surface area contributed by atoms with E-state index in [-0.39, 0.29) is 29.0 Å². The average Bonchev–Trinajstić information content (AvgIpc) is 2.95. The highest BCUT2D eigenvalue weighted by Gasteiger charge is 2.58. The Kier molecular flexibility index (Phi) is 5.78. The Morgan fingerprint density at radius 1 is 1.32 bits per heavy atom. The van der Waals surface area contributed by atoms with Crippen LogP contribution in [0.3, 0.4) is 0 Å². The number of benzene rings is 1. The molecule has 31 heavy (non-hydrogen) atoms. The maximum atomic E-state index is 14.4. The summed E-state index contributed by atoms with van der Waals surface area (Å²) in [5.41, 5.74) is 0.792. The third kappa shape index (κ3) is 4.06. The Labute approximate surface area is 185 Å². The van der Waals surface area contributed by atoms with Gasteiger partial charge in [0.1, 0.15) is 11.6 Å². The van der Waals surface area contributed by atoms with Gasteiger partial charge in [-0.05, 0) is 86.8 Å². The molecule has 1 aromatic rings. The third-order valence-corrected chi connectivity index (χ3v) is 8.34. The molecule has 170 valence electrons. The van der Waals surface area contributed by atoms with Crippen molar-refractivity contribution in [1.29, 1.82) is 0 Å². The van der Waals surface area contributed by atoms with Crippen LogP contribution in [0.25, 0.3) is 0 Å². The molecule has 4 nitrogen and oxygen atoms in total. The van der Waals surface area contributed by atoms with Gasteiger partial charge in [-0.15, -0.1) is 0 Å². The Hall–Kier alpha value is -1.75. The van der Waals surface area contributed by atoms with Gasteiger partial charge in [0.15, 0.2) is 0 Å². The minimum Gasteiger partial charge on any atom is -0.389 e. The molecular weight excluding hydrogens is 393 g/mol. The van der Waals surface area contributed by atoms with Crippen LogP contribution < -0.4 is 0 Å². The first-order valence-electron chi connectivity index (χ1n) is 11.8. The molecule has 3 aliphatic carbocycles. The second-order valence-corrected chi connectivity index (χ2v) is 11.1. The lowest BCUT2D eigenvalue weighted by Gasteiger charge is -2.50. The number of rotatable bonds is 5. The molecule has 5 atom stereocenters. The van der Waals surface area contributed by atoms with Gasteiger partial charge in [-0.3, -0.25) is 9.59 Å². The molecule has 1 aromatic carbocycles. The first kappa shape index (κ1) is 22.4. The van der Waals surface area contributed by atoms with E-state index in [1.54, 1.807) is 31.9 Å². The van der Waals surface area contributed by atoms with Gasteiger partial charge in [-0.25, -0.2) is 4.39 Å². The summed E-state index contributed by atoms with van der Waals surface area (Å²) in [4.78, 5) is 27.4. The zero-order valence-electron chi connectivity index (χ0n) is 19.3. The standard InChI is InChI=1S/C26H36FNO3/c1-25(2,31)15-28(4)23(30)11-8-16-14-22(29)26(3)13-12-18-17-6-5-7-21(27)19(17)9-10-20(18)24(16)26/h5-7,16,18,20,24,31H,8-15H2,1-4H3/t16-,18?,20?,24?,26-/m1/s1. The second-order valence-electron chi connectivity index (χ2n) is 11.1. The fourth-order valence-electron chi connectivity index (χ4n) is 7.07. The molecule has 1 amide bonds. The quantitative estimate of drug-likeness (QED) is 0.750. The van der Waals surface area contributed by atoms with Gasteiger partial charge < -0.3 is 10.0 Å². The number of fused-ring (bicyclic) bond motifs is 5. The minimum atomic E-state index is -0.923. The van der Waals surface area contributed by atoms with Gasteiger partial charge in [0.25, 0.3) is 0 Å². The molecule has 5 heteroatoms. The van der Waals surface area contributed by atoms with Gasteiger partial charge in [0.2, 0.25) is 5.91 Å². The van der Waals surface area contributed by atoms with Gasteiger partial charge >= 0.3 is 0 Å². The lowest BCUT2D eigenvalue weighted by Crippen LogP contribution is -2.44. The highest BCUT2D eigenvalue weighted by molar-refractivity contribution is 5.88. The molecule has 0 bridgehead atoms. The summed E-state index contributed by atoms with van der Waals surface area (Å²) in [6.45, 7) is 5.83. The van der Waals surface area contributed by atoms with Crippen LogP contribution in [0.1, 0.15) is 76.3 Å². The minimum absolute atomic E-state index is 0.0200. The smallest absolute Gasteiger partial charge is 0.222 e. The zero-order chi connectivity index (χ0) is 22.6. The van der Waals surface area contributed by atoms with Crippen LogP contribution in [0, 0.1) is 29.0 Å². The molecule has 0 saturated heterocycles. The number of nitrogens with zero attached hydrogens (tertiary/aromatic N) is 1. The zero-order valence-corrected chi connectivity index (χ0v) is 19.3. The summed E-state index contributed by atoms with van der Waals surface area (Å²) in [7, 11) is 1.73. The topological polar surface area (TPSA) is 57.6 Å². The van der Waals surface area contributed by atoms with E-state index in [1.807, 2.05) is 6.07 Å². The van der Waals surface area contributed by atoms with Gasteiger partial charge in [0, 0.05) is 31.8 Å². The number of ketones is 1. The molecule has 2 saturated carbocycles. The van der Waals surface area contributed by atoms with E-state index < -0.39 is 5.60 Å². The molecule has 3 aliphatic rings. The number of aliphatic hydroxyl groups is 1. The predicted molar refractivity (Wildman–Crippen MR) is 118 cm³/mol. The van der Waals surface area contributed by atoms with E-state index in [4.69, 9.17) is 0 Å². The predicted octanol–water partition coefficient (Wildman–Crippen LogP) is 4.49. The Balaban J connectivity index is 1.52. The van der Waals surface area contributed by atoms with Gasteiger partial charge in [-0.1, -0.05) is 19.1 Å². The molecule has 0 spiro atoms. The van der Waals surface area contributed by atoms with E-state index in [1.165, 1.54) is 0 Å². The fourth-order valence-corrected chi connectivity index (χ4v) is 7.07. The van der Waals surface area contributed by atoms with Crippen LogP contribution in [0.2, 0.25) is 0 Å². The first-order valence-corrected chi connectivity index (χ1v) is 11.8. The van der Waals surface area contributed by atoms with Crippen molar-refractivity contribution in [3.63, 3.8) is 0 Å². The SMILES string of the molecule is CN(CC(C)(C)O)C(=O)CC[C@@H]1CC(=O)[C@@]2(C)CCC3c4cccc(F)c4CCC3C12. The molecule has 0 radical (unpaired) electrons. The van der Waals surface area contributed by atoms with Crippen LogP contribution in [-0.2, 0) is 16.0 Å². The number of hydrogen-bond acceptors (Lipinski definition) is 3. The van der Waals surface area contributed by atoms with Crippen molar-refractivity contribution in [2.24, 2.45) is 23.2 Å². The number of amides is 1. The molecule has 3 unspecified atom stereocenters. The van der Waals surface area contributed by atoms with Crippen molar-refractivity contribution in [2.45, 2.75) is 77.2 Å². The molecule has 0 aliphatic heterocycles. The summed E-state index contributed by atoms with van der Waals surface area (Å²) >= 11 is 0. The van der Waals surface area contributed by atoms with Crippen LogP contribution >= 0.6 is 0 Å². The maximum absolute atomic E-state index is 14.4. The molecule has 1 N–H and O–H groups in total.